The second kappa shape index (κ2) is 4.94. The average Bonchev–Trinajstić information content (AvgIpc) is 2.61. The Kier molecular flexibility index (Phi) is 3.52. The van der Waals surface area contributed by atoms with Crippen LogP contribution in [0.4, 0.5) is 10.3 Å². The van der Waals surface area contributed by atoms with Gasteiger partial charge in [-0.15, -0.1) is 0 Å². The summed E-state index contributed by atoms with van der Waals surface area (Å²) in [6.07, 6.45) is 0.972. The maximum atomic E-state index is 13.1. The van der Waals surface area contributed by atoms with Crippen molar-refractivity contribution in [2.24, 2.45) is 0 Å². The van der Waals surface area contributed by atoms with E-state index in [0.29, 0.717) is 11.5 Å². The first-order chi connectivity index (χ1) is 8.49. The number of halogens is 1. The number of benzene rings is 1. The molecule has 0 fully saturated rings. The van der Waals surface area contributed by atoms with Crippen LogP contribution in [-0.2, 0) is 0 Å². The van der Waals surface area contributed by atoms with E-state index in [1.807, 2.05) is 18.7 Å². The minimum Gasteiger partial charge on any atom is -0.369 e. The molecule has 2 aromatic rings. The smallest absolute Gasteiger partial charge is 0.201 e. The van der Waals surface area contributed by atoms with Crippen LogP contribution >= 0.6 is 0 Å². The lowest BCUT2D eigenvalue weighted by Crippen LogP contribution is -2.18. The highest BCUT2D eigenvalue weighted by Crippen LogP contribution is 2.25. The summed E-state index contributed by atoms with van der Waals surface area (Å²) in [5.74, 6) is 0.162. The van der Waals surface area contributed by atoms with Crippen molar-refractivity contribution in [2.75, 3.05) is 26.4 Å². The Balaban J connectivity index is 2.34. The Morgan fingerprint density at radius 2 is 2.17 bits per heavy atom. The second-order valence-electron chi connectivity index (χ2n) is 4.91. The molecular formula is C13H19FN4. The lowest BCUT2D eigenvalue weighted by Gasteiger charge is -2.18. The topological polar surface area (TPSA) is 47.1 Å². The molecule has 18 heavy (non-hydrogen) atoms. The van der Waals surface area contributed by atoms with Gasteiger partial charge in [0, 0.05) is 12.1 Å². The second-order valence-corrected chi connectivity index (χ2v) is 4.91. The Hall–Kier alpha value is -1.62. The first-order valence-electron chi connectivity index (χ1n) is 6.06. The molecule has 2 N–H and O–H groups in total. The number of hydrogen-bond acceptors (Lipinski definition) is 3. The minimum absolute atomic E-state index is 0.239. The first-order valence-corrected chi connectivity index (χ1v) is 6.06. The van der Waals surface area contributed by atoms with Crippen LogP contribution in [0.25, 0.3) is 11.0 Å². The van der Waals surface area contributed by atoms with Gasteiger partial charge in [0.05, 0.1) is 11.0 Å². The fourth-order valence-electron chi connectivity index (χ4n) is 2.13. The van der Waals surface area contributed by atoms with Gasteiger partial charge in [0.1, 0.15) is 5.82 Å². The summed E-state index contributed by atoms with van der Waals surface area (Å²) < 4.78 is 15.1. The molecule has 0 amide bonds. The summed E-state index contributed by atoms with van der Waals surface area (Å²) in [6, 6.07) is 4.84. The Bertz CT molecular complexity index is 547. The summed E-state index contributed by atoms with van der Waals surface area (Å²) in [7, 11) is 4.08. The summed E-state index contributed by atoms with van der Waals surface area (Å²) in [6.45, 7) is 3.08. The molecule has 1 unspecified atom stereocenters. The van der Waals surface area contributed by atoms with Gasteiger partial charge >= 0.3 is 0 Å². The number of imidazole rings is 1. The predicted molar refractivity (Wildman–Crippen MR) is 72.0 cm³/mol. The van der Waals surface area contributed by atoms with Gasteiger partial charge in [-0.05, 0) is 46.1 Å². The fraction of sp³-hybridized carbons (Fsp3) is 0.462. The molecule has 0 saturated heterocycles. The van der Waals surface area contributed by atoms with E-state index in [-0.39, 0.29) is 11.9 Å². The number of anilines is 1. The van der Waals surface area contributed by atoms with Gasteiger partial charge < -0.3 is 15.2 Å². The quantitative estimate of drug-likeness (QED) is 0.905. The van der Waals surface area contributed by atoms with Crippen molar-refractivity contribution < 1.29 is 4.39 Å². The van der Waals surface area contributed by atoms with E-state index in [1.165, 1.54) is 12.1 Å². The normalized spacial score (nSPS) is 13.4. The molecule has 5 heteroatoms. The molecule has 0 spiro atoms. The van der Waals surface area contributed by atoms with Crippen LogP contribution in [0.15, 0.2) is 18.2 Å². The van der Waals surface area contributed by atoms with Crippen molar-refractivity contribution in [3.8, 4) is 0 Å². The van der Waals surface area contributed by atoms with Gasteiger partial charge in [-0.1, -0.05) is 0 Å². The lowest BCUT2D eigenvalue weighted by molar-refractivity contribution is 0.362. The first kappa shape index (κ1) is 12.8. The molecule has 0 aliphatic rings. The Labute approximate surface area is 106 Å². The summed E-state index contributed by atoms with van der Waals surface area (Å²) in [5.41, 5.74) is 7.43. The molecule has 2 rings (SSSR count). The van der Waals surface area contributed by atoms with E-state index < -0.39 is 0 Å². The lowest BCUT2D eigenvalue weighted by atomic mass is 10.2. The van der Waals surface area contributed by atoms with Gasteiger partial charge in [-0.2, -0.15) is 0 Å². The summed E-state index contributed by atoms with van der Waals surface area (Å²) >= 11 is 0. The van der Waals surface area contributed by atoms with E-state index in [2.05, 4.69) is 16.8 Å². The highest BCUT2D eigenvalue weighted by atomic mass is 19.1. The zero-order valence-electron chi connectivity index (χ0n) is 11.0. The van der Waals surface area contributed by atoms with Gasteiger partial charge in [0.25, 0.3) is 0 Å². The molecule has 1 aromatic carbocycles. The molecule has 0 aliphatic carbocycles. The van der Waals surface area contributed by atoms with Crippen molar-refractivity contribution in [1.29, 1.82) is 0 Å². The van der Waals surface area contributed by atoms with Crippen LogP contribution in [-0.4, -0.2) is 35.1 Å². The van der Waals surface area contributed by atoms with Crippen LogP contribution in [0, 0.1) is 5.82 Å². The summed E-state index contributed by atoms with van der Waals surface area (Å²) in [4.78, 5) is 6.34. The molecule has 0 saturated carbocycles. The third-order valence-electron chi connectivity index (χ3n) is 3.11. The van der Waals surface area contributed by atoms with E-state index in [0.717, 1.165) is 18.5 Å². The van der Waals surface area contributed by atoms with Crippen LogP contribution in [0.5, 0.6) is 0 Å². The molecule has 0 radical (unpaired) electrons. The maximum Gasteiger partial charge on any atom is 0.201 e. The number of aromatic nitrogens is 2. The third kappa shape index (κ3) is 2.46. The van der Waals surface area contributed by atoms with Crippen molar-refractivity contribution in [1.82, 2.24) is 14.5 Å². The number of hydrogen-bond donors (Lipinski definition) is 1. The zero-order chi connectivity index (χ0) is 13.3. The van der Waals surface area contributed by atoms with Crippen molar-refractivity contribution in [3.63, 3.8) is 0 Å². The Morgan fingerprint density at radius 1 is 1.44 bits per heavy atom. The van der Waals surface area contributed by atoms with E-state index in [1.54, 1.807) is 6.07 Å². The predicted octanol–water partition coefficient (Wildman–Crippen LogP) is 2.27. The number of fused-ring (bicyclic) bond motifs is 1. The molecule has 1 heterocycles. The SMILES string of the molecule is CC(CCN(C)C)n1c(N)nc2cc(F)ccc21. The summed E-state index contributed by atoms with van der Waals surface area (Å²) in [5, 5.41) is 0. The third-order valence-corrected chi connectivity index (χ3v) is 3.11. The number of rotatable bonds is 4. The highest BCUT2D eigenvalue weighted by Gasteiger charge is 2.14. The average molecular weight is 250 g/mol. The highest BCUT2D eigenvalue weighted by molar-refractivity contribution is 5.78. The van der Waals surface area contributed by atoms with Crippen LogP contribution in [0.2, 0.25) is 0 Å². The van der Waals surface area contributed by atoms with Gasteiger partial charge in [-0.3, -0.25) is 0 Å². The maximum absolute atomic E-state index is 13.1. The van der Waals surface area contributed by atoms with Gasteiger partial charge in [0.2, 0.25) is 5.95 Å². The molecule has 1 atom stereocenters. The number of nitrogens with two attached hydrogens (primary N) is 1. The monoisotopic (exact) mass is 250 g/mol. The molecule has 98 valence electrons. The van der Waals surface area contributed by atoms with Crippen LogP contribution in [0.1, 0.15) is 19.4 Å². The van der Waals surface area contributed by atoms with E-state index in [4.69, 9.17) is 5.73 Å². The number of nitrogen functional groups attached to an aromatic ring is 1. The molecular weight excluding hydrogens is 231 g/mol. The van der Waals surface area contributed by atoms with E-state index >= 15 is 0 Å². The van der Waals surface area contributed by atoms with Crippen molar-refractivity contribution >= 4 is 17.0 Å². The largest absolute Gasteiger partial charge is 0.369 e. The Morgan fingerprint density at radius 3 is 2.83 bits per heavy atom. The molecule has 4 nitrogen and oxygen atoms in total. The van der Waals surface area contributed by atoms with Gasteiger partial charge in [0.15, 0.2) is 0 Å². The number of nitrogens with zero attached hydrogens (tertiary/aromatic N) is 3. The zero-order valence-corrected chi connectivity index (χ0v) is 11.0. The minimum atomic E-state index is -0.284. The fourth-order valence-corrected chi connectivity index (χ4v) is 2.13. The van der Waals surface area contributed by atoms with Crippen LogP contribution in [0.3, 0.4) is 0 Å². The van der Waals surface area contributed by atoms with Crippen molar-refractivity contribution in [3.05, 3.63) is 24.0 Å². The van der Waals surface area contributed by atoms with E-state index in [9.17, 15) is 4.39 Å². The van der Waals surface area contributed by atoms with Crippen molar-refractivity contribution in [2.45, 2.75) is 19.4 Å². The van der Waals surface area contributed by atoms with Gasteiger partial charge in [-0.25, -0.2) is 9.37 Å². The molecule has 1 aromatic heterocycles. The molecule has 0 bridgehead atoms. The van der Waals surface area contributed by atoms with Crippen LogP contribution < -0.4 is 5.73 Å². The standard InChI is InChI=1S/C13H19FN4/c1-9(6-7-17(2)3)18-12-5-4-10(14)8-11(12)16-13(18)15/h4-5,8-9H,6-7H2,1-3H3,(H2,15,16). The molecule has 0 aliphatic heterocycles.